The molecule has 142 valence electrons. The van der Waals surface area contributed by atoms with E-state index in [2.05, 4.69) is 17.2 Å². The number of hydrogen-bond acceptors (Lipinski definition) is 4. The van der Waals surface area contributed by atoms with Crippen molar-refractivity contribution in [2.45, 2.75) is 12.8 Å². The molecule has 0 bridgehead atoms. The topological polar surface area (TPSA) is 91.7 Å². The summed E-state index contributed by atoms with van der Waals surface area (Å²) in [6.45, 7) is 5.36. The van der Waals surface area contributed by atoms with E-state index in [-0.39, 0.29) is 18.4 Å². The van der Waals surface area contributed by atoms with Crippen molar-refractivity contribution in [1.29, 1.82) is 0 Å². The maximum Gasteiger partial charge on any atom is 0.309 e. The monoisotopic (exact) mass is 369 g/mol. The molecule has 0 spiro atoms. The molecule has 1 fully saturated rings. The van der Waals surface area contributed by atoms with Crippen molar-refractivity contribution in [3.05, 3.63) is 48.7 Å². The van der Waals surface area contributed by atoms with Crippen LogP contribution in [-0.4, -0.2) is 48.8 Å². The predicted molar refractivity (Wildman–Crippen MR) is 101 cm³/mol. The summed E-state index contributed by atoms with van der Waals surface area (Å²) in [7, 11) is 0. The normalized spacial score (nSPS) is 14.7. The number of benzene rings is 1. The van der Waals surface area contributed by atoms with Crippen LogP contribution < -0.4 is 10.6 Å². The van der Waals surface area contributed by atoms with E-state index >= 15 is 0 Å². The number of fused-ring (bicyclic) bond motifs is 1. The number of hydrogen-bond donors (Lipinski definition) is 2. The number of carbonyl (C=O) groups is 3. The summed E-state index contributed by atoms with van der Waals surface area (Å²) in [5.74, 6) is -0.828. The van der Waals surface area contributed by atoms with Crippen molar-refractivity contribution in [3.63, 3.8) is 0 Å². The van der Waals surface area contributed by atoms with Crippen LogP contribution in [0.4, 0.5) is 0 Å². The van der Waals surface area contributed by atoms with Crippen molar-refractivity contribution in [1.82, 2.24) is 15.5 Å². The fourth-order valence-corrected chi connectivity index (χ4v) is 3.15. The Morgan fingerprint density at radius 3 is 2.56 bits per heavy atom. The molecule has 0 unspecified atom stereocenters. The van der Waals surface area contributed by atoms with Gasteiger partial charge in [-0.25, -0.2) is 0 Å². The third kappa shape index (κ3) is 4.55. The van der Waals surface area contributed by atoms with Gasteiger partial charge in [0.1, 0.15) is 5.58 Å². The van der Waals surface area contributed by atoms with Gasteiger partial charge in [0.15, 0.2) is 5.76 Å². The molecule has 1 aliphatic heterocycles. The smallest absolute Gasteiger partial charge is 0.309 e. The molecule has 2 N–H and O–H groups in total. The highest BCUT2D eigenvalue weighted by Gasteiger charge is 2.26. The highest BCUT2D eigenvalue weighted by Crippen LogP contribution is 2.23. The number of carbonyl (C=O) groups excluding carboxylic acids is 3. The molecule has 7 nitrogen and oxygen atoms in total. The Kier molecular flexibility index (Phi) is 5.90. The van der Waals surface area contributed by atoms with E-state index in [0.717, 1.165) is 18.2 Å². The summed E-state index contributed by atoms with van der Waals surface area (Å²) in [4.78, 5) is 37.6. The van der Waals surface area contributed by atoms with E-state index in [9.17, 15) is 14.4 Å². The molecule has 7 heteroatoms. The molecule has 27 heavy (non-hydrogen) atoms. The second-order valence-electron chi connectivity index (χ2n) is 6.59. The van der Waals surface area contributed by atoms with Crippen molar-refractivity contribution >= 4 is 28.7 Å². The summed E-state index contributed by atoms with van der Waals surface area (Å²) in [6, 6.07) is 9.30. The standard InChI is InChI=1S/C20H23N3O4/c1-2-9-21-18(24)19(25)22-13-14-7-10-23(11-8-14)20(26)17-12-15-5-3-4-6-16(15)27-17/h2-6,12,14H,1,7-11,13H2,(H,21,24)(H,22,25). The lowest BCUT2D eigenvalue weighted by molar-refractivity contribution is -0.139. The van der Waals surface area contributed by atoms with Gasteiger partial charge in [0, 0.05) is 31.6 Å². The van der Waals surface area contributed by atoms with Gasteiger partial charge in [0.05, 0.1) is 0 Å². The maximum absolute atomic E-state index is 12.6. The van der Waals surface area contributed by atoms with Gasteiger partial charge in [-0.05, 0) is 30.9 Å². The Labute approximate surface area is 157 Å². The van der Waals surface area contributed by atoms with Crippen molar-refractivity contribution in [2.75, 3.05) is 26.2 Å². The van der Waals surface area contributed by atoms with E-state index in [0.29, 0.717) is 31.0 Å². The molecule has 1 aromatic carbocycles. The average Bonchev–Trinajstić information content (AvgIpc) is 3.14. The quantitative estimate of drug-likeness (QED) is 0.620. The maximum atomic E-state index is 12.6. The Bertz CT molecular complexity index is 817. The average molecular weight is 369 g/mol. The van der Waals surface area contributed by atoms with E-state index in [1.165, 1.54) is 6.08 Å². The molecule has 0 saturated carbocycles. The zero-order valence-electron chi connectivity index (χ0n) is 15.1. The lowest BCUT2D eigenvalue weighted by Gasteiger charge is -2.31. The van der Waals surface area contributed by atoms with Crippen LogP contribution >= 0.6 is 0 Å². The highest BCUT2D eigenvalue weighted by molar-refractivity contribution is 6.35. The summed E-state index contributed by atoms with van der Waals surface area (Å²) < 4.78 is 5.65. The Morgan fingerprint density at radius 2 is 1.85 bits per heavy atom. The van der Waals surface area contributed by atoms with Crippen LogP contribution in [-0.2, 0) is 9.59 Å². The van der Waals surface area contributed by atoms with Crippen LogP contribution in [0.25, 0.3) is 11.0 Å². The van der Waals surface area contributed by atoms with Gasteiger partial charge < -0.3 is 20.0 Å². The van der Waals surface area contributed by atoms with Crippen LogP contribution in [0, 0.1) is 5.92 Å². The third-order valence-electron chi connectivity index (χ3n) is 4.70. The second kappa shape index (κ2) is 8.53. The highest BCUT2D eigenvalue weighted by atomic mass is 16.3. The van der Waals surface area contributed by atoms with Crippen LogP contribution in [0.15, 0.2) is 47.4 Å². The van der Waals surface area contributed by atoms with E-state index in [4.69, 9.17) is 4.42 Å². The fourth-order valence-electron chi connectivity index (χ4n) is 3.15. The molecule has 1 aromatic heterocycles. The molecule has 0 atom stereocenters. The van der Waals surface area contributed by atoms with Gasteiger partial charge in [-0.15, -0.1) is 6.58 Å². The summed E-state index contributed by atoms with van der Waals surface area (Å²) >= 11 is 0. The van der Waals surface area contributed by atoms with Gasteiger partial charge in [0.25, 0.3) is 5.91 Å². The van der Waals surface area contributed by atoms with Crippen LogP contribution in [0.1, 0.15) is 23.4 Å². The number of nitrogens with one attached hydrogen (secondary N) is 2. The number of rotatable bonds is 5. The molecule has 0 aliphatic carbocycles. The molecule has 2 aromatic rings. The molecule has 3 rings (SSSR count). The van der Waals surface area contributed by atoms with Crippen molar-refractivity contribution in [3.8, 4) is 0 Å². The van der Waals surface area contributed by atoms with Crippen molar-refractivity contribution < 1.29 is 18.8 Å². The molecule has 1 saturated heterocycles. The Balaban J connectivity index is 1.47. The number of likely N-dealkylation sites (tertiary alicyclic amines) is 1. The first kappa shape index (κ1) is 18.7. The van der Waals surface area contributed by atoms with Gasteiger partial charge in [-0.3, -0.25) is 14.4 Å². The minimum Gasteiger partial charge on any atom is -0.451 e. The summed E-state index contributed by atoms with van der Waals surface area (Å²) in [5, 5.41) is 6.00. The lowest BCUT2D eigenvalue weighted by atomic mass is 9.96. The number of amides is 3. The third-order valence-corrected chi connectivity index (χ3v) is 4.70. The molecular formula is C20H23N3O4. The summed E-state index contributed by atoms with van der Waals surface area (Å²) in [6.07, 6.45) is 3.04. The molecule has 3 amide bonds. The zero-order valence-corrected chi connectivity index (χ0v) is 15.1. The summed E-state index contributed by atoms with van der Waals surface area (Å²) in [5.41, 5.74) is 0.702. The number of para-hydroxylation sites is 1. The van der Waals surface area contributed by atoms with Crippen LogP contribution in [0.5, 0.6) is 0 Å². The molecule has 1 aliphatic rings. The minimum atomic E-state index is -0.660. The zero-order chi connectivity index (χ0) is 19.2. The number of nitrogens with zero attached hydrogens (tertiary/aromatic N) is 1. The number of furan rings is 1. The van der Waals surface area contributed by atoms with E-state index in [1.807, 2.05) is 24.3 Å². The van der Waals surface area contributed by atoms with Crippen molar-refractivity contribution in [2.24, 2.45) is 5.92 Å². The first-order valence-electron chi connectivity index (χ1n) is 9.03. The van der Waals surface area contributed by atoms with Crippen LogP contribution in [0.3, 0.4) is 0 Å². The Morgan fingerprint density at radius 1 is 1.15 bits per heavy atom. The van der Waals surface area contributed by atoms with E-state index < -0.39 is 11.8 Å². The predicted octanol–water partition coefficient (Wildman–Crippen LogP) is 1.70. The fraction of sp³-hybridized carbons (Fsp3) is 0.350. The van der Waals surface area contributed by atoms with Gasteiger partial charge in [0.2, 0.25) is 0 Å². The largest absolute Gasteiger partial charge is 0.451 e. The molecule has 2 heterocycles. The SMILES string of the molecule is C=CCNC(=O)C(=O)NCC1CCN(C(=O)c2cc3ccccc3o2)CC1. The first-order valence-corrected chi connectivity index (χ1v) is 9.03. The number of piperidine rings is 1. The van der Waals surface area contributed by atoms with Gasteiger partial charge in [-0.1, -0.05) is 24.3 Å². The molecular weight excluding hydrogens is 346 g/mol. The van der Waals surface area contributed by atoms with Gasteiger partial charge in [-0.2, -0.15) is 0 Å². The minimum absolute atomic E-state index is 0.113. The van der Waals surface area contributed by atoms with Crippen LogP contribution in [0.2, 0.25) is 0 Å². The van der Waals surface area contributed by atoms with E-state index in [1.54, 1.807) is 11.0 Å². The first-order chi connectivity index (χ1) is 13.1. The Hall–Kier alpha value is -3.09. The van der Waals surface area contributed by atoms with Gasteiger partial charge >= 0.3 is 11.8 Å². The molecule has 0 radical (unpaired) electrons. The lowest BCUT2D eigenvalue weighted by Crippen LogP contribution is -2.44. The second-order valence-corrected chi connectivity index (χ2v) is 6.59.